The molecule has 0 amide bonds. The fraction of sp³-hybridized carbons (Fsp3) is 0.250. The Bertz CT molecular complexity index is 538. The monoisotopic (exact) mass is 320 g/mol. The Balaban J connectivity index is 2.05. The van der Waals surface area contributed by atoms with Crippen molar-refractivity contribution in [2.75, 3.05) is 7.11 Å². The Morgan fingerprint density at radius 3 is 2.05 bits per heavy atom. The number of hydrogen-bond acceptors (Lipinski definition) is 2. The summed E-state index contributed by atoms with van der Waals surface area (Å²) in [6.07, 6.45) is 0. The van der Waals surface area contributed by atoms with Gasteiger partial charge in [0.05, 0.1) is 7.11 Å². The lowest BCUT2D eigenvalue weighted by molar-refractivity contribution is 0.305. The van der Waals surface area contributed by atoms with E-state index in [1.54, 1.807) is 7.11 Å². The Morgan fingerprint density at radius 2 is 1.53 bits per heavy atom. The molecule has 2 aromatic carbocycles. The smallest absolute Gasteiger partial charge is 0.120 e. The highest BCUT2D eigenvalue weighted by Gasteiger charge is 2.03. The van der Waals surface area contributed by atoms with Gasteiger partial charge in [0, 0.05) is 4.47 Å². The van der Waals surface area contributed by atoms with Crippen LogP contribution in [-0.2, 0) is 6.61 Å². The van der Waals surface area contributed by atoms with E-state index in [9.17, 15) is 0 Å². The second kappa shape index (κ2) is 6.11. The van der Waals surface area contributed by atoms with Crippen LogP contribution in [0.25, 0.3) is 0 Å². The fourth-order valence-electron chi connectivity index (χ4n) is 1.88. The predicted molar refractivity (Wildman–Crippen MR) is 80.9 cm³/mol. The number of ether oxygens (including phenoxy) is 2. The van der Waals surface area contributed by atoms with E-state index in [0.29, 0.717) is 6.61 Å². The third kappa shape index (κ3) is 3.51. The van der Waals surface area contributed by atoms with E-state index in [4.69, 9.17) is 9.47 Å². The van der Waals surface area contributed by atoms with Crippen molar-refractivity contribution in [3.05, 3.63) is 57.6 Å². The molecule has 0 saturated carbocycles. The van der Waals surface area contributed by atoms with Crippen molar-refractivity contribution in [2.45, 2.75) is 20.5 Å². The molecule has 0 aliphatic carbocycles. The molecule has 0 saturated heterocycles. The van der Waals surface area contributed by atoms with Gasteiger partial charge in [-0.05, 0) is 54.8 Å². The summed E-state index contributed by atoms with van der Waals surface area (Å²) >= 11 is 3.56. The van der Waals surface area contributed by atoms with Gasteiger partial charge < -0.3 is 9.47 Å². The van der Waals surface area contributed by atoms with E-state index in [2.05, 4.69) is 29.8 Å². The lowest BCUT2D eigenvalue weighted by Gasteiger charge is -2.10. The van der Waals surface area contributed by atoms with Crippen molar-refractivity contribution in [3.8, 4) is 11.5 Å². The average molecular weight is 321 g/mol. The lowest BCUT2D eigenvalue weighted by atomic mass is 10.1. The summed E-state index contributed by atoms with van der Waals surface area (Å²) in [5.41, 5.74) is 3.49. The molecule has 0 aromatic heterocycles. The Labute approximate surface area is 122 Å². The van der Waals surface area contributed by atoms with E-state index in [-0.39, 0.29) is 0 Å². The summed E-state index contributed by atoms with van der Waals surface area (Å²) in [7, 11) is 1.67. The summed E-state index contributed by atoms with van der Waals surface area (Å²) in [5, 5.41) is 0. The van der Waals surface area contributed by atoms with Gasteiger partial charge in [-0.15, -0.1) is 0 Å². The molecule has 0 radical (unpaired) electrons. The molecular weight excluding hydrogens is 304 g/mol. The molecule has 2 aromatic rings. The number of methoxy groups -OCH3 is 1. The zero-order valence-corrected chi connectivity index (χ0v) is 13.0. The molecule has 0 N–H and O–H groups in total. The highest BCUT2D eigenvalue weighted by Crippen LogP contribution is 2.26. The first-order valence-electron chi connectivity index (χ1n) is 6.12. The molecule has 0 aliphatic rings. The van der Waals surface area contributed by atoms with Gasteiger partial charge >= 0.3 is 0 Å². The van der Waals surface area contributed by atoms with E-state index < -0.39 is 0 Å². The fourth-order valence-corrected chi connectivity index (χ4v) is 2.11. The number of rotatable bonds is 4. The molecule has 0 aliphatic heterocycles. The van der Waals surface area contributed by atoms with Crippen LogP contribution in [0.2, 0.25) is 0 Å². The third-order valence-electron chi connectivity index (χ3n) is 2.97. The van der Waals surface area contributed by atoms with Crippen LogP contribution in [-0.4, -0.2) is 7.11 Å². The average Bonchev–Trinajstić information content (AvgIpc) is 2.43. The minimum Gasteiger partial charge on any atom is -0.497 e. The van der Waals surface area contributed by atoms with Crippen LogP contribution in [0, 0.1) is 13.8 Å². The number of benzene rings is 2. The van der Waals surface area contributed by atoms with Crippen molar-refractivity contribution >= 4 is 15.9 Å². The second-order valence-electron chi connectivity index (χ2n) is 4.51. The van der Waals surface area contributed by atoms with Gasteiger partial charge in [-0.1, -0.05) is 28.1 Å². The largest absolute Gasteiger partial charge is 0.497 e. The third-order valence-corrected chi connectivity index (χ3v) is 4.23. The van der Waals surface area contributed by atoms with Gasteiger partial charge in [0.15, 0.2) is 0 Å². The molecule has 0 atom stereocenters. The quantitative estimate of drug-likeness (QED) is 0.816. The van der Waals surface area contributed by atoms with Crippen LogP contribution in [0.1, 0.15) is 16.7 Å². The first-order chi connectivity index (χ1) is 9.10. The van der Waals surface area contributed by atoms with Gasteiger partial charge in [0.2, 0.25) is 0 Å². The molecule has 0 fully saturated rings. The normalized spacial score (nSPS) is 10.3. The van der Waals surface area contributed by atoms with Gasteiger partial charge in [-0.2, -0.15) is 0 Å². The molecular formula is C16H17BrO2. The lowest BCUT2D eigenvalue weighted by Crippen LogP contribution is -1.96. The van der Waals surface area contributed by atoms with Crippen LogP contribution in [0.15, 0.2) is 40.9 Å². The first-order valence-corrected chi connectivity index (χ1v) is 6.92. The molecule has 19 heavy (non-hydrogen) atoms. The first kappa shape index (κ1) is 13.9. The van der Waals surface area contributed by atoms with Crippen LogP contribution in [0.5, 0.6) is 11.5 Å². The second-order valence-corrected chi connectivity index (χ2v) is 5.30. The molecule has 3 heteroatoms. The Kier molecular flexibility index (Phi) is 4.48. The summed E-state index contributed by atoms with van der Waals surface area (Å²) < 4.78 is 12.1. The van der Waals surface area contributed by atoms with Gasteiger partial charge in [0.25, 0.3) is 0 Å². The molecule has 2 nitrogen and oxygen atoms in total. The molecule has 0 spiro atoms. The van der Waals surface area contributed by atoms with Gasteiger partial charge in [-0.3, -0.25) is 0 Å². The molecule has 0 unspecified atom stereocenters. The minimum absolute atomic E-state index is 0.560. The maximum absolute atomic E-state index is 5.82. The standard InChI is InChI=1S/C16H17BrO2/c1-11-8-15(9-12(2)16(11)17)19-10-13-4-6-14(18-3)7-5-13/h4-9H,10H2,1-3H3. The van der Waals surface area contributed by atoms with Crippen LogP contribution >= 0.6 is 15.9 Å². The zero-order chi connectivity index (χ0) is 13.8. The molecule has 100 valence electrons. The minimum atomic E-state index is 0.560. The van der Waals surface area contributed by atoms with Crippen LogP contribution < -0.4 is 9.47 Å². The summed E-state index contributed by atoms with van der Waals surface area (Å²) in [6.45, 7) is 4.69. The van der Waals surface area contributed by atoms with Crippen LogP contribution in [0.3, 0.4) is 0 Å². The van der Waals surface area contributed by atoms with Crippen molar-refractivity contribution in [1.82, 2.24) is 0 Å². The maximum Gasteiger partial charge on any atom is 0.120 e. The SMILES string of the molecule is COc1ccc(COc2cc(C)c(Br)c(C)c2)cc1. The number of hydrogen-bond donors (Lipinski definition) is 0. The highest BCUT2D eigenvalue weighted by atomic mass is 79.9. The van der Waals surface area contributed by atoms with Crippen molar-refractivity contribution in [3.63, 3.8) is 0 Å². The van der Waals surface area contributed by atoms with Crippen molar-refractivity contribution in [1.29, 1.82) is 0 Å². The van der Waals surface area contributed by atoms with Gasteiger partial charge in [-0.25, -0.2) is 0 Å². The predicted octanol–water partition coefficient (Wildman–Crippen LogP) is 4.65. The Morgan fingerprint density at radius 1 is 0.947 bits per heavy atom. The summed E-state index contributed by atoms with van der Waals surface area (Å²) in [6, 6.07) is 12.0. The van der Waals surface area contributed by atoms with E-state index in [1.165, 1.54) is 11.1 Å². The molecule has 0 bridgehead atoms. The topological polar surface area (TPSA) is 18.5 Å². The number of aryl methyl sites for hydroxylation is 2. The van der Waals surface area contributed by atoms with Gasteiger partial charge in [0.1, 0.15) is 18.1 Å². The van der Waals surface area contributed by atoms with Crippen molar-refractivity contribution < 1.29 is 9.47 Å². The van der Waals surface area contributed by atoms with E-state index in [1.807, 2.05) is 36.4 Å². The maximum atomic E-state index is 5.82. The van der Waals surface area contributed by atoms with Crippen LogP contribution in [0.4, 0.5) is 0 Å². The summed E-state index contributed by atoms with van der Waals surface area (Å²) in [4.78, 5) is 0. The molecule has 2 rings (SSSR count). The summed E-state index contributed by atoms with van der Waals surface area (Å²) in [5.74, 6) is 1.76. The Hall–Kier alpha value is -1.48. The van der Waals surface area contributed by atoms with E-state index in [0.717, 1.165) is 21.5 Å². The zero-order valence-electron chi connectivity index (χ0n) is 11.4. The molecule has 0 heterocycles. The van der Waals surface area contributed by atoms with E-state index >= 15 is 0 Å². The highest BCUT2D eigenvalue weighted by molar-refractivity contribution is 9.10. The number of halogens is 1. The van der Waals surface area contributed by atoms with Crippen molar-refractivity contribution in [2.24, 2.45) is 0 Å².